The van der Waals surface area contributed by atoms with Gasteiger partial charge in [0.25, 0.3) is 8.32 Å². The van der Waals surface area contributed by atoms with E-state index >= 15 is 0 Å². The average molecular weight is 709 g/mol. The fourth-order valence-corrected chi connectivity index (χ4v) is 11.9. The number of carbonyl (C=O) groups excluding carboxylic acids is 1. The maximum atomic E-state index is 13.4. The van der Waals surface area contributed by atoms with E-state index in [0.717, 1.165) is 38.6 Å². The molecule has 0 unspecified atom stereocenters. The molecule has 0 aliphatic carbocycles. The molecule has 0 aliphatic heterocycles. The lowest BCUT2D eigenvalue weighted by Gasteiger charge is -2.44. The van der Waals surface area contributed by atoms with Crippen molar-refractivity contribution in [2.75, 3.05) is 26.7 Å². The highest BCUT2D eigenvalue weighted by molar-refractivity contribution is 6.99. The molecule has 50 heavy (non-hydrogen) atoms. The third-order valence-electron chi connectivity index (χ3n) is 10.3. The van der Waals surface area contributed by atoms with Gasteiger partial charge in [-0.25, -0.2) is 0 Å². The van der Waals surface area contributed by atoms with Crippen LogP contribution in [0.3, 0.4) is 0 Å². The predicted octanol–water partition coefficient (Wildman–Crippen LogP) is 9.79. The normalized spacial score (nSPS) is 13.4. The van der Waals surface area contributed by atoms with Crippen molar-refractivity contribution in [3.63, 3.8) is 0 Å². The zero-order valence-electron chi connectivity index (χ0n) is 33.2. The number of nitrogens with zero attached hydrogens (tertiary/aromatic N) is 1. The van der Waals surface area contributed by atoms with Crippen molar-refractivity contribution in [2.24, 2.45) is 0 Å². The first-order valence-electron chi connectivity index (χ1n) is 20.5. The number of hydrogen-bond donors (Lipinski definition) is 2. The van der Waals surface area contributed by atoms with Crippen molar-refractivity contribution >= 4 is 24.6 Å². The van der Waals surface area contributed by atoms with E-state index in [0.29, 0.717) is 19.6 Å². The Morgan fingerprint density at radius 1 is 0.720 bits per heavy atom. The van der Waals surface area contributed by atoms with Gasteiger partial charge in [-0.05, 0) is 41.7 Å². The van der Waals surface area contributed by atoms with Crippen LogP contribution in [0.4, 0.5) is 0 Å². The minimum Gasteiger partial charge on any atom is -0.405 e. The van der Waals surface area contributed by atoms with Crippen molar-refractivity contribution in [3.8, 4) is 0 Å². The first-order chi connectivity index (χ1) is 24.1. The summed E-state index contributed by atoms with van der Waals surface area (Å²) in [4.78, 5) is 15.7. The summed E-state index contributed by atoms with van der Waals surface area (Å²) >= 11 is 0. The van der Waals surface area contributed by atoms with Crippen molar-refractivity contribution in [1.82, 2.24) is 10.2 Å². The van der Waals surface area contributed by atoms with Crippen LogP contribution in [0.2, 0.25) is 5.04 Å². The molecule has 2 aromatic carbocycles. The fourth-order valence-electron chi connectivity index (χ4n) is 7.34. The maximum Gasteiger partial charge on any atom is 0.261 e. The van der Waals surface area contributed by atoms with E-state index in [1.165, 1.54) is 93.8 Å². The summed E-state index contributed by atoms with van der Waals surface area (Å²) in [5.74, 6) is 0.123. The van der Waals surface area contributed by atoms with Gasteiger partial charge < -0.3 is 19.7 Å². The number of hydrogen-bond acceptors (Lipinski definition) is 4. The molecule has 5 nitrogen and oxygen atoms in total. The number of unbranched alkanes of at least 4 members (excludes halogenated alkanes) is 14. The molecule has 2 N–H and O–H groups in total. The van der Waals surface area contributed by atoms with Crippen LogP contribution in [0, 0.1) is 0 Å². The van der Waals surface area contributed by atoms with Gasteiger partial charge in [-0.1, -0.05) is 192 Å². The topological polar surface area (TPSA) is 61.8 Å². The van der Waals surface area contributed by atoms with Gasteiger partial charge in [0, 0.05) is 19.5 Å². The van der Waals surface area contributed by atoms with Gasteiger partial charge in [0.1, 0.15) is 0 Å². The molecular formula is C44H76N2O3Si. The third kappa shape index (κ3) is 17.0. The van der Waals surface area contributed by atoms with Gasteiger partial charge in [0.05, 0.1) is 18.8 Å². The van der Waals surface area contributed by atoms with Gasteiger partial charge in [-0.15, -0.1) is 0 Å². The largest absolute Gasteiger partial charge is 0.405 e. The molecule has 0 fully saturated rings. The molecule has 2 atom stereocenters. The quantitative estimate of drug-likeness (QED) is 0.0653. The van der Waals surface area contributed by atoms with E-state index in [1.54, 1.807) is 0 Å². The van der Waals surface area contributed by atoms with Gasteiger partial charge >= 0.3 is 0 Å². The Morgan fingerprint density at radius 2 is 1.18 bits per heavy atom. The maximum absolute atomic E-state index is 13.4. The number of benzene rings is 2. The second-order valence-electron chi connectivity index (χ2n) is 15.9. The number of nitrogens with one attached hydrogen (secondary N) is 1. The van der Waals surface area contributed by atoms with Crippen LogP contribution in [0.5, 0.6) is 0 Å². The lowest BCUT2D eigenvalue weighted by atomic mass is 10.1. The van der Waals surface area contributed by atoms with Gasteiger partial charge in [0.15, 0.2) is 0 Å². The molecule has 1 amide bonds. The smallest absolute Gasteiger partial charge is 0.261 e. The zero-order valence-corrected chi connectivity index (χ0v) is 34.2. The summed E-state index contributed by atoms with van der Waals surface area (Å²) in [7, 11) is -0.631. The van der Waals surface area contributed by atoms with Gasteiger partial charge in [-0.2, -0.15) is 0 Å². The van der Waals surface area contributed by atoms with Gasteiger partial charge in [-0.3, -0.25) is 4.79 Å². The Hall–Kier alpha value is -1.99. The predicted molar refractivity (Wildman–Crippen MR) is 218 cm³/mol. The van der Waals surface area contributed by atoms with Crippen molar-refractivity contribution in [3.05, 3.63) is 60.7 Å². The Balaban J connectivity index is 2.06. The van der Waals surface area contributed by atoms with E-state index < -0.39 is 8.32 Å². The molecule has 0 spiro atoms. The Bertz CT molecular complexity index is 1070. The third-order valence-corrected chi connectivity index (χ3v) is 15.3. The molecule has 6 heteroatoms. The van der Waals surface area contributed by atoms with E-state index in [4.69, 9.17) is 4.43 Å². The van der Waals surface area contributed by atoms with Crippen LogP contribution in [0.25, 0.3) is 0 Å². The minimum atomic E-state index is -2.74. The monoisotopic (exact) mass is 709 g/mol. The van der Waals surface area contributed by atoms with Crippen LogP contribution >= 0.6 is 0 Å². The molecule has 0 aliphatic rings. The first kappa shape index (κ1) is 44.2. The van der Waals surface area contributed by atoms with Crippen LogP contribution in [0.1, 0.15) is 157 Å². The number of amides is 1. The molecular weight excluding hydrogens is 633 g/mol. The summed E-state index contributed by atoms with van der Waals surface area (Å²) in [5.41, 5.74) is 0. The van der Waals surface area contributed by atoms with Crippen molar-refractivity contribution in [2.45, 2.75) is 174 Å². The number of likely N-dealkylation sites (N-methyl/N-ethyl adjacent to an activating group) is 1. The van der Waals surface area contributed by atoms with E-state index in [2.05, 4.69) is 113 Å². The zero-order chi connectivity index (χ0) is 36.5. The summed E-state index contributed by atoms with van der Waals surface area (Å²) < 4.78 is 7.30. The average Bonchev–Trinajstić information content (AvgIpc) is 3.10. The molecule has 0 bridgehead atoms. The van der Waals surface area contributed by atoms with Crippen LogP contribution in [0.15, 0.2) is 60.7 Å². The highest BCUT2D eigenvalue weighted by Gasteiger charge is 2.50. The highest BCUT2D eigenvalue weighted by atomic mass is 28.4. The number of aliphatic hydroxyl groups is 1. The molecule has 2 aromatic rings. The highest BCUT2D eigenvalue weighted by Crippen LogP contribution is 2.36. The minimum absolute atomic E-state index is 0.123. The lowest BCUT2D eigenvalue weighted by molar-refractivity contribution is -0.122. The van der Waals surface area contributed by atoms with Gasteiger partial charge in [0.2, 0.25) is 5.91 Å². The fraction of sp³-hybridized carbons (Fsp3) is 0.705. The molecule has 0 radical (unpaired) electrons. The standard InChI is InChI=1S/C44H76N2O3Si/c1-7-9-11-13-14-15-16-17-18-20-28-34-43(48)45-39(37-46(6)36-35-40(47)29-23-19-12-10-8-2)38-49-50(44(3,4)5,41-30-24-21-25-31-41)42-32-26-22-27-33-42/h21-22,24-27,30-33,39-40,47H,7-20,23,28-29,34-38H2,1-6H3,(H,45,48)/t39-,40-/m1/s1. The van der Waals surface area contributed by atoms with Crippen LogP contribution in [-0.2, 0) is 9.22 Å². The Kier molecular flexibility index (Phi) is 22.9. The molecule has 284 valence electrons. The number of rotatable bonds is 29. The van der Waals surface area contributed by atoms with E-state index in [1.807, 2.05) is 0 Å². The van der Waals surface area contributed by atoms with Crippen LogP contribution in [-0.4, -0.2) is 63.1 Å². The first-order valence-corrected chi connectivity index (χ1v) is 22.5. The summed E-state index contributed by atoms with van der Waals surface area (Å²) in [5, 5.41) is 16.5. The SMILES string of the molecule is CCCCCCCCCCCCCC(=O)N[C@@H](CO[Si](c1ccccc1)(c1ccccc1)C(C)(C)C)CN(C)CC[C@H](O)CCCCCCC. The molecule has 2 rings (SSSR count). The second-order valence-corrected chi connectivity index (χ2v) is 20.2. The molecule has 0 saturated heterocycles. The van der Waals surface area contributed by atoms with Crippen molar-refractivity contribution in [1.29, 1.82) is 0 Å². The summed E-state index contributed by atoms with van der Waals surface area (Å²) in [6, 6.07) is 21.4. The van der Waals surface area contributed by atoms with Crippen molar-refractivity contribution < 1.29 is 14.3 Å². The lowest BCUT2D eigenvalue weighted by Crippen LogP contribution is -2.67. The molecule has 0 heterocycles. The second kappa shape index (κ2) is 25.9. The summed E-state index contributed by atoms with van der Waals surface area (Å²) in [6.45, 7) is 13.3. The number of carbonyl (C=O) groups is 1. The van der Waals surface area contributed by atoms with E-state index in [9.17, 15) is 9.90 Å². The summed E-state index contributed by atoms with van der Waals surface area (Å²) in [6.07, 6.45) is 22.0. The number of aliphatic hydroxyl groups excluding tert-OH is 1. The Morgan fingerprint density at radius 3 is 1.66 bits per heavy atom. The Labute approximate surface area is 309 Å². The van der Waals surface area contributed by atoms with E-state index in [-0.39, 0.29) is 23.1 Å². The van der Waals surface area contributed by atoms with Crippen LogP contribution < -0.4 is 15.7 Å². The molecule has 0 aromatic heterocycles. The molecule has 0 saturated carbocycles.